The van der Waals surface area contributed by atoms with Gasteiger partial charge in [-0.3, -0.25) is 9.78 Å². The molecule has 0 saturated heterocycles. The van der Waals surface area contributed by atoms with E-state index >= 15 is 0 Å². The van der Waals surface area contributed by atoms with Crippen LogP contribution >= 0.6 is 22.6 Å². The van der Waals surface area contributed by atoms with Gasteiger partial charge in [-0.1, -0.05) is 36.4 Å². The second-order valence-electron chi connectivity index (χ2n) is 7.11. The highest BCUT2D eigenvalue weighted by atomic mass is 127. The first-order chi connectivity index (χ1) is 12.3. The van der Waals surface area contributed by atoms with E-state index in [0.717, 1.165) is 14.5 Å². The second kappa shape index (κ2) is 7.61. The third-order valence-corrected chi connectivity index (χ3v) is 4.56. The lowest BCUT2D eigenvalue weighted by atomic mass is 10.0. The van der Waals surface area contributed by atoms with Gasteiger partial charge in [-0.15, -0.1) is 0 Å². The summed E-state index contributed by atoms with van der Waals surface area (Å²) in [6.07, 6.45) is 1.72. The normalized spacial score (nSPS) is 11.4. The summed E-state index contributed by atoms with van der Waals surface area (Å²) in [5, 5.41) is 3.81. The van der Waals surface area contributed by atoms with Gasteiger partial charge in [0.1, 0.15) is 12.1 Å². The Morgan fingerprint density at radius 1 is 1.15 bits per heavy atom. The third kappa shape index (κ3) is 4.33. The highest BCUT2D eigenvalue weighted by molar-refractivity contribution is 14.1. The topological polar surface area (TPSA) is 51.2 Å². The molecule has 4 nitrogen and oxygen atoms in total. The van der Waals surface area contributed by atoms with E-state index in [1.165, 1.54) is 0 Å². The molecule has 1 N–H and O–H groups in total. The van der Waals surface area contributed by atoms with Crippen molar-refractivity contribution in [1.29, 1.82) is 0 Å². The third-order valence-electron chi connectivity index (χ3n) is 3.76. The zero-order valence-corrected chi connectivity index (χ0v) is 17.2. The molecule has 134 valence electrons. The monoisotopic (exact) mass is 460 g/mol. The Morgan fingerprint density at radius 2 is 1.88 bits per heavy atom. The van der Waals surface area contributed by atoms with Crippen molar-refractivity contribution in [2.24, 2.45) is 0 Å². The first-order valence-electron chi connectivity index (χ1n) is 8.41. The molecule has 3 aromatic rings. The van der Waals surface area contributed by atoms with Crippen LogP contribution in [0, 0.1) is 3.57 Å². The smallest absolute Gasteiger partial charge is 0.252 e. The van der Waals surface area contributed by atoms with Crippen LogP contribution in [0.5, 0.6) is 5.75 Å². The molecule has 0 bridgehead atoms. The quantitative estimate of drug-likeness (QED) is 0.561. The van der Waals surface area contributed by atoms with Crippen LogP contribution in [0.25, 0.3) is 10.9 Å². The van der Waals surface area contributed by atoms with Crippen LogP contribution in [-0.4, -0.2) is 16.4 Å². The van der Waals surface area contributed by atoms with E-state index in [2.05, 4.69) is 32.9 Å². The number of benzene rings is 2. The summed E-state index contributed by atoms with van der Waals surface area (Å²) in [7, 11) is 0. The van der Waals surface area contributed by atoms with E-state index in [-0.39, 0.29) is 11.4 Å². The van der Waals surface area contributed by atoms with E-state index < -0.39 is 0 Å². The van der Waals surface area contributed by atoms with Gasteiger partial charge in [0, 0.05) is 17.1 Å². The highest BCUT2D eigenvalue weighted by Gasteiger charge is 2.21. The molecule has 1 amide bonds. The molecule has 0 aliphatic rings. The standard InChI is InChI=1S/C21H21IN2O2/c1-21(2,3)24-20(25)16-12-17(22)19(18-15(16)10-7-11-23-18)26-13-14-8-5-4-6-9-14/h4-12H,13H2,1-3H3,(H,24,25). The number of ether oxygens (including phenoxy) is 1. The van der Waals surface area contributed by atoms with E-state index in [9.17, 15) is 4.79 Å². The number of halogens is 1. The SMILES string of the molecule is CC(C)(C)NC(=O)c1cc(I)c(OCc2ccccc2)c2ncccc12. The molecule has 0 saturated carbocycles. The first kappa shape index (κ1) is 18.6. The summed E-state index contributed by atoms with van der Waals surface area (Å²) >= 11 is 2.20. The van der Waals surface area contributed by atoms with Gasteiger partial charge in [-0.2, -0.15) is 0 Å². The number of hydrogen-bond acceptors (Lipinski definition) is 3. The van der Waals surface area contributed by atoms with Gasteiger partial charge < -0.3 is 10.1 Å². The van der Waals surface area contributed by atoms with Crippen molar-refractivity contribution in [2.75, 3.05) is 0 Å². The molecule has 0 aliphatic carbocycles. The van der Waals surface area contributed by atoms with Crippen molar-refractivity contribution in [3.63, 3.8) is 0 Å². The zero-order valence-electron chi connectivity index (χ0n) is 15.0. The molecular weight excluding hydrogens is 439 g/mol. The maximum Gasteiger partial charge on any atom is 0.252 e. The fourth-order valence-electron chi connectivity index (χ4n) is 2.65. The van der Waals surface area contributed by atoms with Crippen molar-refractivity contribution in [3.05, 3.63) is 69.4 Å². The van der Waals surface area contributed by atoms with Crippen LogP contribution in [0.1, 0.15) is 36.7 Å². The summed E-state index contributed by atoms with van der Waals surface area (Å²) in [4.78, 5) is 17.2. The van der Waals surface area contributed by atoms with Crippen LogP contribution in [0.3, 0.4) is 0 Å². The fourth-order valence-corrected chi connectivity index (χ4v) is 3.37. The Kier molecular flexibility index (Phi) is 5.46. The van der Waals surface area contributed by atoms with Crippen LogP contribution in [-0.2, 0) is 6.61 Å². The molecule has 1 aromatic heterocycles. The number of aromatic nitrogens is 1. The van der Waals surface area contributed by atoms with E-state index in [1.54, 1.807) is 6.20 Å². The number of hydrogen-bond donors (Lipinski definition) is 1. The van der Waals surface area contributed by atoms with Crippen LogP contribution < -0.4 is 10.1 Å². The number of amides is 1. The summed E-state index contributed by atoms with van der Waals surface area (Å²) in [6.45, 7) is 6.35. The molecule has 5 heteroatoms. The maximum absolute atomic E-state index is 12.7. The lowest BCUT2D eigenvalue weighted by molar-refractivity contribution is 0.0921. The van der Waals surface area contributed by atoms with Crippen molar-refractivity contribution in [3.8, 4) is 5.75 Å². The van der Waals surface area contributed by atoms with Crippen LogP contribution in [0.15, 0.2) is 54.7 Å². The molecular formula is C21H21IN2O2. The molecule has 0 fully saturated rings. The molecule has 0 spiro atoms. The van der Waals surface area contributed by atoms with E-state index in [1.807, 2.05) is 69.3 Å². The Morgan fingerprint density at radius 3 is 2.58 bits per heavy atom. The zero-order chi connectivity index (χ0) is 18.7. The summed E-state index contributed by atoms with van der Waals surface area (Å²) in [5.41, 5.74) is 2.09. The second-order valence-corrected chi connectivity index (χ2v) is 8.28. The Hall–Kier alpha value is -2.15. The maximum atomic E-state index is 12.7. The van der Waals surface area contributed by atoms with Gasteiger partial charge in [0.05, 0.1) is 9.13 Å². The largest absolute Gasteiger partial charge is 0.485 e. The molecule has 0 radical (unpaired) electrons. The highest BCUT2D eigenvalue weighted by Crippen LogP contribution is 2.33. The summed E-state index contributed by atoms with van der Waals surface area (Å²) in [5.74, 6) is 0.598. The Labute approximate surface area is 167 Å². The molecule has 0 atom stereocenters. The minimum absolute atomic E-state index is 0.108. The minimum atomic E-state index is -0.306. The average Bonchev–Trinajstić information content (AvgIpc) is 2.60. The summed E-state index contributed by atoms with van der Waals surface area (Å²) in [6, 6.07) is 15.6. The van der Waals surface area contributed by atoms with Gasteiger partial charge in [-0.25, -0.2) is 0 Å². The number of fused-ring (bicyclic) bond motifs is 1. The predicted molar refractivity (Wildman–Crippen MR) is 112 cm³/mol. The number of carbonyl (C=O) groups excluding carboxylic acids is 1. The van der Waals surface area contributed by atoms with Crippen molar-refractivity contribution in [1.82, 2.24) is 10.3 Å². The van der Waals surface area contributed by atoms with Crippen LogP contribution in [0.4, 0.5) is 0 Å². The number of rotatable bonds is 4. The fraction of sp³-hybridized carbons (Fsp3) is 0.238. The molecule has 3 rings (SSSR count). The lowest BCUT2D eigenvalue weighted by Gasteiger charge is -2.21. The molecule has 0 aliphatic heterocycles. The number of pyridine rings is 1. The van der Waals surface area contributed by atoms with E-state index in [0.29, 0.717) is 23.4 Å². The predicted octanol–water partition coefficient (Wildman–Crippen LogP) is 4.95. The van der Waals surface area contributed by atoms with Gasteiger partial charge in [0.15, 0.2) is 5.75 Å². The van der Waals surface area contributed by atoms with Crippen LogP contribution in [0.2, 0.25) is 0 Å². The average molecular weight is 460 g/mol. The van der Waals surface area contributed by atoms with Gasteiger partial charge in [0.25, 0.3) is 5.91 Å². The van der Waals surface area contributed by atoms with Crippen molar-refractivity contribution < 1.29 is 9.53 Å². The Balaban J connectivity index is 2.00. The number of nitrogens with one attached hydrogen (secondary N) is 1. The number of nitrogens with zero attached hydrogens (tertiary/aromatic N) is 1. The molecule has 26 heavy (non-hydrogen) atoms. The molecule has 2 aromatic carbocycles. The summed E-state index contributed by atoms with van der Waals surface area (Å²) < 4.78 is 6.93. The molecule has 1 heterocycles. The first-order valence-corrected chi connectivity index (χ1v) is 9.49. The van der Waals surface area contributed by atoms with Gasteiger partial charge in [0.2, 0.25) is 0 Å². The minimum Gasteiger partial charge on any atom is -0.485 e. The van der Waals surface area contributed by atoms with Gasteiger partial charge in [-0.05, 0) is 61.1 Å². The number of carbonyl (C=O) groups is 1. The van der Waals surface area contributed by atoms with Gasteiger partial charge >= 0.3 is 0 Å². The Bertz CT molecular complexity index is 934. The van der Waals surface area contributed by atoms with E-state index in [4.69, 9.17) is 4.74 Å². The lowest BCUT2D eigenvalue weighted by Crippen LogP contribution is -2.40. The van der Waals surface area contributed by atoms with Crippen molar-refractivity contribution in [2.45, 2.75) is 32.9 Å². The van der Waals surface area contributed by atoms with Crippen molar-refractivity contribution >= 4 is 39.4 Å². The molecule has 0 unspecified atom stereocenters.